The molecular formula is C13H23N3O6S. The summed E-state index contributed by atoms with van der Waals surface area (Å²) in [5, 5.41) is 15.4. The fraction of sp³-hybridized carbons (Fsp3) is 0.692. The lowest BCUT2D eigenvalue weighted by Crippen LogP contribution is -2.39. The van der Waals surface area contributed by atoms with Crippen molar-refractivity contribution in [1.29, 1.82) is 0 Å². The van der Waals surface area contributed by atoms with Crippen molar-refractivity contribution in [1.82, 2.24) is 16.0 Å². The number of aliphatic carboxylic acids is 1. The Morgan fingerprint density at radius 3 is 2.17 bits per heavy atom. The molecule has 10 heteroatoms. The van der Waals surface area contributed by atoms with Gasteiger partial charge in [0.05, 0.1) is 12.3 Å². The standard InChI is InChI=1S/C13H23N3O6S/c1-13(2,3)22-12(21)14-4-5-23-8-10(18)15-6-9(17)16-7-11(19)20/h4-8H2,1-3H3,(H,14,21)(H,15,18)(H,16,17)(H,19,20). The van der Waals surface area contributed by atoms with Crippen LogP contribution < -0.4 is 16.0 Å². The van der Waals surface area contributed by atoms with Crippen molar-refractivity contribution >= 4 is 35.6 Å². The summed E-state index contributed by atoms with van der Waals surface area (Å²) in [5.41, 5.74) is -0.557. The highest BCUT2D eigenvalue weighted by atomic mass is 32.2. The number of hydrogen-bond acceptors (Lipinski definition) is 6. The van der Waals surface area contributed by atoms with Gasteiger partial charge in [-0.25, -0.2) is 4.79 Å². The quantitative estimate of drug-likeness (QED) is 0.415. The van der Waals surface area contributed by atoms with Crippen molar-refractivity contribution in [3.05, 3.63) is 0 Å². The maximum absolute atomic E-state index is 11.4. The minimum Gasteiger partial charge on any atom is -0.480 e. The molecule has 0 unspecified atom stereocenters. The number of ether oxygens (including phenoxy) is 1. The minimum atomic E-state index is -1.15. The highest BCUT2D eigenvalue weighted by Crippen LogP contribution is 2.06. The largest absolute Gasteiger partial charge is 0.480 e. The summed E-state index contributed by atoms with van der Waals surface area (Å²) in [6, 6.07) is 0. The first-order valence-electron chi connectivity index (χ1n) is 6.90. The summed E-state index contributed by atoms with van der Waals surface area (Å²) in [4.78, 5) is 44.1. The Morgan fingerprint density at radius 2 is 1.61 bits per heavy atom. The van der Waals surface area contributed by atoms with E-state index >= 15 is 0 Å². The Kier molecular flexibility index (Phi) is 9.79. The van der Waals surface area contributed by atoms with Gasteiger partial charge in [-0.15, -0.1) is 0 Å². The average Bonchev–Trinajstić information content (AvgIpc) is 2.40. The van der Waals surface area contributed by atoms with Crippen LogP contribution in [0, 0.1) is 0 Å². The fourth-order valence-electron chi connectivity index (χ4n) is 1.17. The van der Waals surface area contributed by atoms with Crippen LogP contribution in [0.25, 0.3) is 0 Å². The summed E-state index contributed by atoms with van der Waals surface area (Å²) in [6.45, 7) is 4.88. The van der Waals surface area contributed by atoms with Crippen LogP contribution in [0.1, 0.15) is 20.8 Å². The number of carboxylic acids is 1. The smallest absolute Gasteiger partial charge is 0.407 e. The zero-order chi connectivity index (χ0) is 17.9. The Balaban J connectivity index is 3.62. The first kappa shape index (κ1) is 21.0. The first-order chi connectivity index (χ1) is 10.6. The number of amides is 3. The molecule has 4 N–H and O–H groups in total. The lowest BCUT2D eigenvalue weighted by Gasteiger charge is -2.19. The maximum Gasteiger partial charge on any atom is 0.407 e. The molecule has 0 saturated carbocycles. The van der Waals surface area contributed by atoms with Gasteiger partial charge >= 0.3 is 12.1 Å². The number of thioether (sulfide) groups is 1. The summed E-state index contributed by atoms with van der Waals surface area (Å²) in [5.74, 6) is -1.44. The van der Waals surface area contributed by atoms with E-state index in [0.717, 1.165) is 0 Å². The summed E-state index contributed by atoms with van der Waals surface area (Å²) in [7, 11) is 0. The van der Waals surface area contributed by atoms with E-state index in [1.165, 1.54) is 11.8 Å². The predicted molar refractivity (Wildman–Crippen MR) is 85.2 cm³/mol. The molecule has 0 aromatic carbocycles. The topological polar surface area (TPSA) is 134 Å². The molecule has 0 aliphatic heterocycles. The Hall–Kier alpha value is -1.97. The molecule has 0 fully saturated rings. The molecular weight excluding hydrogens is 326 g/mol. The number of carbonyl (C=O) groups excluding carboxylic acids is 3. The van der Waals surface area contributed by atoms with E-state index < -0.39 is 30.1 Å². The van der Waals surface area contributed by atoms with Gasteiger partial charge in [0.15, 0.2) is 0 Å². The zero-order valence-electron chi connectivity index (χ0n) is 13.4. The van der Waals surface area contributed by atoms with Crippen LogP contribution in [0.5, 0.6) is 0 Å². The Morgan fingerprint density at radius 1 is 1.00 bits per heavy atom. The van der Waals surface area contributed by atoms with Gasteiger partial charge in [-0.05, 0) is 20.8 Å². The van der Waals surface area contributed by atoms with Crippen LogP contribution in [-0.2, 0) is 19.1 Å². The second-order valence-electron chi connectivity index (χ2n) is 5.43. The van der Waals surface area contributed by atoms with E-state index in [4.69, 9.17) is 9.84 Å². The summed E-state index contributed by atoms with van der Waals surface area (Å²) < 4.78 is 5.05. The van der Waals surface area contributed by atoms with Crippen LogP contribution in [0.15, 0.2) is 0 Å². The van der Waals surface area contributed by atoms with E-state index in [9.17, 15) is 19.2 Å². The third kappa shape index (κ3) is 14.7. The third-order valence-electron chi connectivity index (χ3n) is 2.03. The molecule has 9 nitrogen and oxygen atoms in total. The molecule has 0 spiro atoms. The molecule has 3 amide bonds. The van der Waals surface area contributed by atoms with E-state index in [-0.39, 0.29) is 18.2 Å². The van der Waals surface area contributed by atoms with Gasteiger partial charge in [-0.3, -0.25) is 14.4 Å². The Bertz CT molecular complexity index is 436. The molecule has 0 radical (unpaired) electrons. The van der Waals surface area contributed by atoms with Gasteiger partial charge in [-0.2, -0.15) is 11.8 Å². The highest BCUT2D eigenvalue weighted by molar-refractivity contribution is 7.99. The molecule has 0 atom stereocenters. The molecule has 0 saturated heterocycles. The molecule has 23 heavy (non-hydrogen) atoms. The van der Waals surface area contributed by atoms with Gasteiger partial charge < -0.3 is 25.8 Å². The number of alkyl carbamates (subject to hydrolysis) is 1. The molecule has 0 aromatic heterocycles. The van der Waals surface area contributed by atoms with Gasteiger partial charge in [0.1, 0.15) is 12.1 Å². The van der Waals surface area contributed by atoms with Gasteiger partial charge in [0.2, 0.25) is 11.8 Å². The third-order valence-corrected chi connectivity index (χ3v) is 2.99. The molecule has 132 valence electrons. The van der Waals surface area contributed by atoms with E-state index in [0.29, 0.717) is 12.3 Å². The lowest BCUT2D eigenvalue weighted by atomic mass is 10.2. The first-order valence-corrected chi connectivity index (χ1v) is 8.05. The van der Waals surface area contributed by atoms with Crippen molar-refractivity contribution in [3.8, 4) is 0 Å². The predicted octanol–water partition coefficient (Wildman–Crippen LogP) is -0.439. The van der Waals surface area contributed by atoms with Crippen LogP contribution >= 0.6 is 11.8 Å². The molecule has 0 aliphatic rings. The zero-order valence-corrected chi connectivity index (χ0v) is 14.2. The monoisotopic (exact) mass is 349 g/mol. The molecule has 0 aromatic rings. The van der Waals surface area contributed by atoms with Gasteiger partial charge in [0, 0.05) is 12.3 Å². The molecule has 0 heterocycles. The fourth-order valence-corrected chi connectivity index (χ4v) is 1.85. The number of nitrogens with one attached hydrogen (secondary N) is 3. The number of carboxylic acid groups (broad SMARTS) is 1. The SMILES string of the molecule is CC(C)(C)OC(=O)NCCSCC(=O)NCC(=O)NCC(=O)O. The van der Waals surface area contributed by atoms with Crippen molar-refractivity contribution in [2.75, 3.05) is 31.1 Å². The number of hydrogen-bond donors (Lipinski definition) is 4. The summed E-state index contributed by atoms with van der Waals surface area (Å²) >= 11 is 1.28. The van der Waals surface area contributed by atoms with Crippen LogP contribution in [-0.4, -0.2) is 65.7 Å². The van der Waals surface area contributed by atoms with Crippen molar-refractivity contribution in [2.24, 2.45) is 0 Å². The van der Waals surface area contributed by atoms with Gasteiger partial charge in [0.25, 0.3) is 0 Å². The normalized spacial score (nSPS) is 10.6. The van der Waals surface area contributed by atoms with Crippen LogP contribution in [0.2, 0.25) is 0 Å². The van der Waals surface area contributed by atoms with E-state index in [1.54, 1.807) is 20.8 Å². The van der Waals surface area contributed by atoms with Crippen LogP contribution in [0.3, 0.4) is 0 Å². The Labute approximate surface area is 138 Å². The molecule has 0 aliphatic carbocycles. The second kappa shape index (κ2) is 10.7. The number of carbonyl (C=O) groups is 4. The number of rotatable bonds is 9. The van der Waals surface area contributed by atoms with Crippen molar-refractivity contribution in [2.45, 2.75) is 26.4 Å². The maximum atomic E-state index is 11.4. The van der Waals surface area contributed by atoms with E-state index in [1.807, 2.05) is 0 Å². The lowest BCUT2D eigenvalue weighted by molar-refractivity contribution is -0.137. The van der Waals surface area contributed by atoms with Crippen molar-refractivity contribution < 1.29 is 29.0 Å². The molecule has 0 bridgehead atoms. The molecule has 0 rings (SSSR count). The highest BCUT2D eigenvalue weighted by Gasteiger charge is 2.15. The summed E-state index contributed by atoms with van der Waals surface area (Å²) in [6.07, 6.45) is -0.516. The minimum absolute atomic E-state index is 0.127. The van der Waals surface area contributed by atoms with Gasteiger partial charge in [-0.1, -0.05) is 0 Å². The van der Waals surface area contributed by atoms with E-state index in [2.05, 4.69) is 16.0 Å². The average molecular weight is 349 g/mol. The second-order valence-corrected chi connectivity index (χ2v) is 6.53. The van der Waals surface area contributed by atoms with Crippen molar-refractivity contribution in [3.63, 3.8) is 0 Å². The van der Waals surface area contributed by atoms with Crippen LogP contribution in [0.4, 0.5) is 4.79 Å².